The van der Waals surface area contributed by atoms with Gasteiger partial charge in [0, 0.05) is 11.6 Å². The number of rotatable bonds is 4. The first-order chi connectivity index (χ1) is 7.41. The summed E-state index contributed by atoms with van der Waals surface area (Å²) in [4.78, 5) is 20.9. The number of carbonyl (C=O) groups is 1. The van der Waals surface area contributed by atoms with Crippen LogP contribution in [0.5, 0.6) is 0 Å². The summed E-state index contributed by atoms with van der Waals surface area (Å²) in [6, 6.07) is 4.74. The van der Waals surface area contributed by atoms with Gasteiger partial charge in [-0.15, -0.1) is 0 Å². The Hall–Kier alpha value is -1.91. The summed E-state index contributed by atoms with van der Waals surface area (Å²) in [5, 5.41) is 19.5. The standard InChI is InChI=1S/C11H13NO4/c1-7-3-4-10(12(15)16)9(5-7)8(2)6-11(13)14/h3-5,8H,6H2,1-2H3,(H,13,14). The highest BCUT2D eigenvalue weighted by molar-refractivity contribution is 5.68. The van der Waals surface area contributed by atoms with Crippen LogP contribution in [0.4, 0.5) is 5.69 Å². The normalized spacial score (nSPS) is 12.1. The number of carboxylic acid groups (broad SMARTS) is 1. The minimum Gasteiger partial charge on any atom is -0.481 e. The number of hydrogen-bond donors (Lipinski definition) is 1. The van der Waals surface area contributed by atoms with Crippen LogP contribution >= 0.6 is 0 Å². The molecule has 86 valence electrons. The molecular weight excluding hydrogens is 210 g/mol. The molecule has 0 aliphatic heterocycles. The van der Waals surface area contributed by atoms with E-state index in [-0.39, 0.29) is 18.0 Å². The summed E-state index contributed by atoms with van der Waals surface area (Å²) in [5.41, 5.74) is 1.35. The number of hydrogen-bond acceptors (Lipinski definition) is 3. The Morgan fingerprint density at radius 3 is 2.69 bits per heavy atom. The maximum atomic E-state index is 10.8. The number of benzene rings is 1. The zero-order valence-electron chi connectivity index (χ0n) is 9.14. The Morgan fingerprint density at radius 1 is 1.56 bits per heavy atom. The van der Waals surface area contributed by atoms with Gasteiger partial charge in [0.1, 0.15) is 0 Å². The van der Waals surface area contributed by atoms with Gasteiger partial charge in [0.2, 0.25) is 0 Å². The molecule has 0 radical (unpaired) electrons. The monoisotopic (exact) mass is 223 g/mol. The molecule has 0 amide bonds. The second-order valence-corrected chi connectivity index (χ2v) is 3.82. The number of aryl methyl sites for hydroxylation is 1. The summed E-state index contributed by atoms with van der Waals surface area (Å²) in [6.45, 7) is 3.50. The summed E-state index contributed by atoms with van der Waals surface area (Å²) in [5.74, 6) is -1.32. The Bertz CT molecular complexity index is 428. The second-order valence-electron chi connectivity index (χ2n) is 3.82. The van der Waals surface area contributed by atoms with Gasteiger partial charge in [-0.1, -0.05) is 18.6 Å². The molecule has 1 rings (SSSR count). The van der Waals surface area contributed by atoms with Crippen LogP contribution in [0, 0.1) is 17.0 Å². The number of nitro benzene ring substituents is 1. The van der Waals surface area contributed by atoms with E-state index in [1.165, 1.54) is 6.07 Å². The number of aliphatic carboxylic acids is 1. The van der Waals surface area contributed by atoms with Crippen LogP contribution < -0.4 is 0 Å². The third-order valence-corrected chi connectivity index (χ3v) is 2.39. The van der Waals surface area contributed by atoms with E-state index in [1.54, 1.807) is 19.1 Å². The highest BCUT2D eigenvalue weighted by Crippen LogP contribution is 2.29. The first-order valence-corrected chi connectivity index (χ1v) is 4.88. The van der Waals surface area contributed by atoms with E-state index in [0.29, 0.717) is 5.56 Å². The van der Waals surface area contributed by atoms with Gasteiger partial charge in [0.15, 0.2) is 0 Å². The van der Waals surface area contributed by atoms with E-state index in [4.69, 9.17) is 5.11 Å². The number of nitrogens with zero attached hydrogens (tertiary/aromatic N) is 1. The van der Waals surface area contributed by atoms with Gasteiger partial charge < -0.3 is 5.11 Å². The van der Waals surface area contributed by atoms with Gasteiger partial charge in [0.25, 0.3) is 5.69 Å². The van der Waals surface area contributed by atoms with Gasteiger partial charge >= 0.3 is 5.97 Å². The second kappa shape index (κ2) is 4.74. The molecule has 0 bridgehead atoms. The van der Waals surface area contributed by atoms with Crippen molar-refractivity contribution in [1.82, 2.24) is 0 Å². The zero-order valence-corrected chi connectivity index (χ0v) is 9.14. The van der Waals surface area contributed by atoms with Crippen molar-refractivity contribution >= 4 is 11.7 Å². The van der Waals surface area contributed by atoms with Crippen LogP contribution in [0.3, 0.4) is 0 Å². The van der Waals surface area contributed by atoms with Gasteiger partial charge in [-0.05, 0) is 18.9 Å². The van der Waals surface area contributed by atoms with Crippen LogP contribution in [0.1, 0.15) is 30.4 Å². The summed E-state index contributed by atoms with van der Waals surface area (Å²) in [7, 11) is 0. The Kier molecular flexibility index (Phi) is 3.60. The van der Waals surface area contributed by atoms with Crippen LogP contribution in [-0.2, 0) is 4.79 Å². The third-order valence-electron chi connectivity index (χ3n) is 2.39. The minimum atomic E-state index is -0.955. The molecule has 5 nitrogen and oxygen atoms in total. The molecular formula is C11H13NO4. The van der Waals surface area contributed by atoms with Gasteiger partial charge in [-0.3, -0.25) is 14.9 Å². The molecule has 0 saturated carbocycles. The molecule has 16 heavy (non-hydrogen) atoms. The first-order valence-electron chi connectivity index (χ1n) is 4.88. The third kappa shape index (κ3) is 2.79. The van der Waals surface area contributed by atoms with Crippen molar-refractivity contribution in [3.05, 3.63) is 39.4 Å². The van der Waals surface area contributed by atoms with E-state index in [1.807, 2.05) is 6.92 Å². The van der Waals surface area contributed by atoms with Crippen LogP contribution in [0.2, 0.25) is 0 Å². The van der Waals surface area contributed by atoms with Crippen molar-refractivity contribution in [2.24, 2.45) is 0 Å². The van der Waals surface area contributed by atoms with Crippen molar-refractivity contribution in [2.45, 2.75) is 26.2 Å². The molecule has 1 unspecified atom stereocenters. The Labute approximate surface area is 92.9 Å². The molecule has 5 heteroatoms. The molecule has 0 aliphatic rings. The summed E-state index contributed by atoms with van der Waals surface area (Å²) >= 11 is 0. The van der Waals surface area contributed by atoms with E-state index in [0.717, 1.165) is 5.56 Å². The largest absolute Gasteiger partial charge is 0.481 e. The average Bonchev–Trinajstić information content (AvgIpc) is 2.15. The fourth-order valence-electron chi connectivity index (χ4n) is 1.61. The molecule has 1 atom stereocenters. The van der Waals surface area contributed by atoms with E-state index < -0.39 is 10.9 Å². The predicted molar refractivity (Wildman–Crippen MR) is 58.5 cm³/mol. The van der Waals surface area contributed by atoms with Gasteiger partial charge in [-0.2, -0.15) is 0 Å². The summed E-state index contributed by atoms with van der Waals surface area (Å²) in [6.07, 6.45) is -0.107. The molecule has 1 aromatic rings. The average molecular weight is 223 g/mol. The van der Waals surface area contributed by atoms with Gasteiger partial charge in [0.05, 0.1) is 11.3 Å². The van der Waals surface area contributed by atoms with Gasteiger partial charge in [-0.25, -0.2) is 0 Å². The van der Waals surface area contributed by atoms with E-state index in [9.17, 15) is 14.9 Å². The maximum absolute atomic E-state index is 10.8. The van der Waals surface area contributed by atoms with Crippen LogP contribution in [0.15, 0.2) is 18.2 Å². The molecule has 0 spiro atoms. The predicted octanol–water partition coefficient (Wildman–Crippen LogP) is 2.48. The lowest BCUT2D eigenvalue weighted by Crippen LogP contribution is -2.06. The van der Waals surface area contributed by atoms with Crippen molar-refractivity contribution in [1.29, 1.82) is 0 Å². The lowest BCUT2D eigenvalue weighted by atomic mass is 9.95. The number of carboxylic acids is 1. The first kappa shape index (κ1) is 12.2. The number of nitro groups is 1. The van der Waals surface area contributed by atoms with Crippen molar-refractivity contribution in [3.63, 3.8) is 0 Å². The Balaban J connectivity index is 3.13. The maximum Gasteiger partial charge on any atom is 0.303 e. The SMILES string of the molecule is Cc1ccc([N+](=O)[O-])c(C(C)CC(=O)O)c1. The lowest BCUT2D eigenvalue weighted by molar-refractivity contribution is -0.385. The fourth-order valence-corrected chi connectivity index (χ4v) is 1.61. The van der Waals surface area contributed by atoms with E-state index in [2.05, 4.69) is 0 Å². The van der Waals surface area contributed by atoms with Crippen LogP contribution in [-0.4, -0.2) is 16.0 Å². The highest BCUT2D eigenvalue weighted by atomic mass is 16.6. The Morgan fingerprint density at radius 2 is 2.19 bits per heavy atom. The molecule has 0 saturated heterocycles. The molecule has 0 fully saturated rings. The van der Waals surface area contributed by atoms with Crippen molar-refractivity contribution in [2.75, 3.05) is 0 Å². The smallest absolute Gasteiger partial charge is 0.303 e. The molecule has 0 aliphatic carbocycles. The van der Waals surface area contributed by atoms with E-state index >= 15 is 0 Å². The molecule has 0 heterocycles. The molecule has 1 N–H and O–H groups in total. The topological polar surface area (TPSA) is 80.4 Å². The van der Waals surface area contributed by atoms with Crippen molar-refractivity contribution in [3.8, 4) is 0 Å². The quantitative estimate of drug-likeness (QED) is 0.628. The van der Waals surface area contributed by atoms with Crippen molar-refractivity contribution < 1.29 is 14.8 Å². The fraction of sp³-hybridized carbons (Fsp3) is 0.364. The molecule has 1 aromatic carbocycles. The molecule has 0 aromatic heterocycles. The van der Waals surface area contributed by atoms with Crippen LogP contribution in [0.25, 0.3) is 0 Å². The zero-order chi connectivity index (χ0) is 12.3. The minimum absolute atomic E-state index is 0.0145. The highest BCUT2D eigenvalue weighted by Gasteiger charge is 2.20. The summed E-state index contributed by atoms with van der Waals surface area (Å²) < 4.78 is 0. The lowest BCUT2D eigenvalue weighted by Gasteiger charge is -2.10.